The van der Waals surface area contributed by atoms with Gasteiger partial charge in [-0.25, -0.2) is 0 Å². The molecule has 0 atom stereocenters. The van der Waals surface area contributed by atoms with E-state index in [1.54, 1.807) is 0 Å². The van der Waals surface area contributed by atoms with E-state index in [0.717, 1.165) is 51.4 Å². The van der Waals surface area contributed by atoms with E-state index in [9.17, 15) is 4.79 Å². The van der Waals surface area contributed by atoms with Crippen molar-refractivity contribution >= 4 is 5.78 Å². The number of ketones is 1. The summed E-state index contributed by atoms with van der Waals surface area (Å²) in [5.41, 5.74) is 3.16. The van der Waals surface area contributed by atoms with Gasteiger partial charge in [0.15, 0.2) is 0 Å². The topological polar surface area (TPSA) is 17.1 Å². The first-order valence-corrected chi connectivity index (χ1v) is 10.9. The summed E-state index contributed by atoms with van der Waals surface area (Å²) < 4.78 is 0. The Labute approximate surface area is 172 Å². The van der Waals surface area contributed by atoms with Crippen LogP contribution >= 0.6 is 0 Å². The molecular formula is C27H38O. The van der Waals surface area contributed by atoms with E-state index in [2.05, 4.69) is 88.4 Å². The molecule has 0 amide bonds. The lowest BCUT2D eigenvalue weighted by Crippen LogP contribution is -2.17. The number of hydrogen-bond acceptors (Lipinski definition) is 1. The molecule has 0 aliphatic rings. The summed E-state index contributed by atoms with van der Waals surface area (Å²) >= 11 is 0. The second kappa shape index (κ2) is 10.6. The molecule has 0 saturated heterocycles. The number of benzene rings is 2. The second-order valence-electron chi connectivity index (χ2n) is 9.45. The van der Waals surface area contributed by atoms with E-state index in [1.807, 2.05) is 0 Å². The maximum Gasteiger partial charge on any atom is 0.132 e. The molecule has 2 aromatic rings. The van der Waals surface area contributed by atoms with Gasteiger partial charge in [-0.3, -0.25) is 4.79 Å². The standard InChI is InChI=1S/C27H38O/c1-26(2,23-15-7-5-8-16-23)21-13-11-19-25(28)20-12-14-22-27(3,4)24-17-9-6-10-18-24/h5-10,15-18H,11-14,19-22H2,1-4H3. The van der Waals surface area contributed by atoms with E-state index in [1.165, 1.54) is 11.1 Å². The SMILES string of the molecule is CC(C)(CCCCC(=O)CCCCC(C)(C)c1ccccc1)c1ccccc1. The normalized spacial score (nSPS) is 12.1. The van der Waals surface area contributed by atoms with Gasteiger partial charge < -0.3 is 0 Å². The summed E-state index contributed by atoms with van der Waals surface area (Å²) in [6.45, 7) is 9.22. The van der Waals surface area contributed by atoms with Crippen molar-refractivity contribution in [3.63, 3.8) is 0 Å². The number of unbranched alkanes of at least 4 members (excludes halogenated alkanes) is 2. The van der Waals surface area contributed by atoms with E-state index in [0.29, 0.717) is 5.78 Å². The Morgan fingerprint density at radius 1 is 0.607 bits per heavy atom. The summed E-state index contributed by atoms with van der Waals surface area (Å²) in [5, 5.41) is 0. The molecule has 0 aliphatic heterocycles. The third-order valence-electron chi connectivity index (χ3n) is 6.13. The zero-order valence-corrected chi connectivity index (χ0v) is 18.3. The summed E-state index contributed by atoms with van der Waals surface area (Å²) in [4.78, 5) is 12.2. The van der Waals surface area contributed by atoms with Gasteiger partial charge >= 0.3 is 0 Å². The molecule has 2 rings (SSSR count). The Balaban J connectivity index is 1.60. The molecule has 152 valence electrons. The lowest BCUT2D eigenvalue weighted by molar-refractivity contribution is -0.119. The van der Waals surface area contributed by atoms with E-state index < -0.39 is 0 Å². The van der Waals surface area contributed by atoms with Crippen LogP contribution in [0.25, 0.3) is 0 Å². The Bertz CT molecular complexity index is 636. The fourth-order valence-corrected chi connectivity index (χ4v) is 3.97. The first-order chi connectivity index (χ1) is 13.3. The highest BCUT2D eigenvalue weighted by molar-refractivity contribution is 5.78. The number of carbonyl (C=O) groups excluding carboxylic acids is 1. The average Bonchev–Trinajstić information content (AvgIpc) is 2.70. The van der Waals surface area contributed by atoms with Gasteiger partial charge in [-0.05, 0) is 47.6 Å². The highest BCUT2D eigenvalue weighted by Gasteiger charge is 2.20. The Hall–Kier alpha value is -1.89. The molecule has 2 aromatic carbocycles. The predicted molar refractivity (Wildman–Crippen MR) is 121 cm³/mol. The minimum absolute atomic E-state index is 0.188. The largest absolute Gasteiger partial charge is 0.300 e. The maximum absolute atomic E-state index is 12.2. The van der Waals surface area contributed by atoms with Crippen molar-refractivity contribution < 1.29 is 4.79 Å². The van der Waals surface area contributed by atoms with Crippen LogP contribution in [-0.2, 0) is 15.6 Å². The average molecular weight is 379 g/mol. The molecule has 0 bridgehead atoms. The van der Waals surface area contributed by atoms with Crippen molar-refractivity contribution in [3.8, 4) is 0 Å². The number of rotatable bonds is 12. The molecule has 0 fully saturated rings. The van der Waals surface area contributed by atoms with Crippen LogP contribution in [0, 0.1) is 0 Å². The molecule has 0 heterocycles. The van der Waals surface area contributed by atoms with Crippen molar-refractivity contribution in [3.05, 3.63) is 71.8 Å². The van der Waals surface area contributed by atoms with E-state index in [4.69, 9.17) is 0 Å². The fourth-order valence-electron chi connectivity index (χ4n) is 3.97. The first-order valence-electron chi connectivity index (χ1n) is 10.9. The second-order valence-corrected chi connectivity index (χ2v) is 9.45. The van der Waals surface area contributed by atoms with E-state index >= 15 is 0 Å². The van der Waals surface area contributed by atoms with Gasteiger partial charge in [-0.2, -0.15) is 0 Å². The lowest BCUT2D eigenvalue weighted by Gasteiger charge is -2.25. The molecule has 0 radical (unpaired) electrons. The van der Waals surface area contributed by atoms with Gasteiger partial charge in [0, 0.05) is 12.8 Å². The number of carbonyl (C=O) groups is 1. The summed E-state index contributed by atoms with van der Waals surface area (Å²) in [7, 11) is 0. The molecule has 0 saturated carbocycles. The highest BCUT2D eigenvalue weighted by atomic mass is 16.1. The zero-order chi connectivity index (χ0) is 20.5. The van der Waals surface area contributed by atoms with Crippen LogP contribution in [0.1, 0.15) is 90.2 Å². The third kappa shape index (κ3) is 7.26. The van der Waals surface area contributed by atoms with Gasteiger partial charge in [0.1, 0.15) is 5.78 Å². The van der Waals surface area contributed by atoms with Crippen LogP contribution in [0.15, 0.2) is 60.7 Å². The minimum Gasteiger partial charge on any atom is -0.300 e. The van der Waals surface area contributed by atoms with Crippen molar-refractivity contribution in [2.45, 2.75) is 89.9 Å². The molecular weight excluding hydrogens is 340 g/mol. The van der Waals surface area contributed by atoms with Gasteiger partial charge in [-0.15, -0.1) is 0 Å². The quantitative estimate of drug-likeness (QED) is 0.347. The van der Waals surface area contributed by atoms with Gasteiger partial charge in [0.25, 0.3) is 0 Å². The smallest absolute Gasteiger partial charge is 0.132 e. The maximum atomic E-state index is 12.2. The molecule has 1 nitrogen and oxygen atoms in total. The van der Waals surface area contributed by atoms with E-state index in [-0.39, 0.29) is 10.8 Å². The van der Waals surface area contributed by atoms with Crippen LogP contribution in [0.5, 0.6) is 0 Å². The zero-order valence-electron chi connectivity index (χ0n) is 18.3. The van der Waals surface area contributed by atoms with Gasteiger partial charge in [-0.1, -0.05) is 101 Å². The summed E-state index contributed by atoms with van der Waals surface area (Å²) in [5.74, 6) is 0.440. The van der Waals surface area contributed by atoms with Gasteiger partial charge in [0.05, 0.1) is 0 Å². The van der Waals surface area contributed by atoms with Crippen molar-refractivity contribution in [2.75, 3.05) is 0 Å². The monoisotopic (exact) mass is 378 g/mol. The van der Waals surface area contributed by atoms with Crippen molar-refractivity contribution in [2.24, 2.45) is 0 Å². The first kappa shape index (κ1) is 22.4. The van der Waals surface area contributed by atoms with Crippen LogP contribution in [0.3, 0.4) is 0 Å². The molecule has 0 aliphatic carbocycles. The highest BCUT2D eigenvalue weighted by Crippen LogP contribution is 2.30. The summed E-state index contributed by atoms with van der Waals surface area (Å²) in [6.07, 6.45) is 8.03. The molecule has 0 aromatic heterocycles. The third-order valence-corrected chi connectivity index (χ3v) is 6.13. The van der Waals surface area contributed by atoms with Crippen molar-refractivity contribution in [1.29, 1.82) is 0 Å². The predicted octanol–water partition coefficient (Wildman–Crippen LogP) is 7.63. The number of hydrogen-bond donors (Lipinski definition) is 0. The molecule has 0 N–H and O–H groups in total. The Kier molecular flexibility index (Phi) is 8.48. The molecule has 0 spiro atoms. The molecule has 28 heavy (non-hydrogen) atoms. The Morgan fingerprint density at radius 2 is 0.964 bits per heavy atom. The van der Waals surface area contributed by atoms with Crippen LogP contribution in [-0.4, -0.2) is 5.78 Å². The molecule has 1 heteroatoms. The minimum atomic E-state index is 0.188. The van der Waals surface area contributed by atoms with Gasteiger partial charge in [0.2, 0.25) is 0 Å². The van der Waals surface area contributed by atoms with Crippen LogP contribution in [0.4, 0.5) is 0 Å². The fraction of sp³-hybridized carbons (Fsp3) is 0.519. The van der Waals surface area contributed by atoms with Crippen LogP contribution < -0.4 is 0 Å². The summed E-state index contributed by atoms with van der Waals surface area (Å²) in [6, 6.07) is 21.4. The van der Waals surface area contributed by atoms with Crippen molar-refractivity contribution in [1.82, 2.24) is 0 Å². The Morgan fingerprint density at radius 3 is 1.32 bits per heavy atom. The molecule has 0 unspecified atom stereocenters. The number of Topliss-reactive ketones (excluding diaryl/α,β-unsaturated/α-hetero) is 1. The lowest BCUT2D eigenvalue weighted by atomic mass is 9.79. The van der Waals surface area contributed by atoms with Crippen LogP contribution in [0.2, 0.25) is 0 Å².